The molecule has 1 aliphatic heterocycles. The van der Waals surface area contributed by atoms with Crippen molar-refractivity contribution in [1.82, 2.24) is 0 Å². The summed E-state index contributed by atoms with van der Waals surface area (Å²) < 4.78 is 0. The van der Waals surface area contributed by atoms with E-state index < -0.39 is 5.97 Å². The van der Waals surface area contributed by atoms with Gasteiger partial charge in [-0.2, -0.15) is 5.26 Å². The molecule has 1 aromatic carbocycles. The van der Waals surface area contributed by atoms with Crippen LogP contribution in [-0.2, 0) is 6.42 Å². The van der Waals surface area contributed by atoms with Crippen LogP contribution in [0.25, 0.3) is 0 Å². The van der Waals surface area contributed by atoms with Crippen molar-refractivity contribution in [2.24, 2.45) is 5.41 Å². The van der Waals surface area contributed by atoms with Crippen molar-refractivity contribution in [2.75, 3.05) is 18.0 Å². The van der Waals surface area contributed by atoms with Crippen LogP contribution in [0.15, 0.2) is 18.2 Å². The lowest BCUT2D eigenvalue weighted by Gasteiger charge is -2.34. The normalized spacial score (nSPS) is 19.1. The van der Waals surface area contributed by atoms with Crippen LogP contribution in [0, 0.1) is 16.7 Å². The summed E-state index contributed by atoms with van der Waals surface area (Å²) in [6.45, 7) is 1.85. The van der Waals surface area contributed by atoms with Gasteiger partial charge in [0.1, 0.15) is 0 Å². The van der Waals surface area contributed by atoms with Crippen LogP contribution in [0.5, 0.6) is 0 Å². The van der Waals surface area contributed by atoms with Gasteiger partial charge >= 0.3 is 5.97 Å². The van der Waals surface area contributed by atoms with Gasteiger partial charge in [0.15, 0.2) is 0 Å². The molecule has 2 aliphatic rings. The van der Waals surface area contributed by atoms with E-state index in [1.807, 2.05) is 12.1 Å². The van der Waals surface area contributed by atoms with Crippen molar-refractivity contribution < 1.29 is 9.90 Å². The van der Waals surface area contributed by atoms with Gasteiger partial charge in [0.05, 0.1) is 11.6 Å². The molecule has 1 heterocycles. The fourth-order valence-corrected chi connectivity index (χ4v) is 3.21. The molecule has 3 rings (SSSR count). The molecule has 1 aromatic rings. The van der Waals surface area contributed by atoms with Crippen molar-refractivity contribution >= 4 is 11.7 Å². The molecular formula is C16H18N2O2. The molecule has 0 radical (unpaired) electrons. The van der Waals surface area contributed by atoms with Crippen molar-refractivity contribution in [2.45, 2.75) is 32.1 Å². The highest BCUT2D eigenvalue weighted by atomic mass is 16.4. The van der Waals surface area contributed by atoms with Gasteiger partial charge in [-0.3, -0.25) is 0 Å². The number of benzene rings is 1. The lowest BCUT2D eigenvalue weighted by molar-refractivity contribution is 0.0695. The number of hydrogen-bond donors (Lipinski definition) is 1. The van der Waals surface area contributed by atoms with Gasteiger partial charge in [-0.05, 0) is 43.4 Å². The molecule has 1 aliphatic carbocycles. The average Bonchev–Trinajstić information content (AvgIpc) is 3.18. The van der Waals surface area contributed by atoms with E-state index in [0.29, 0.717) is 12.0 Å². The number of carbonyl (C=O) groups is 1. The second-order valence-corrected chi connectivity index (χ2v) is 5.97. The Morgan fingerprint density at radius 2 is 2.25 bits per heavy atom. The molecule has 1 N–H and O–H groups in total. The predicted molar refractivity (Wildman–Crippen MR) is 75.8 cm³/mol. The summed E-state index contributed by atoms with van der Waals surface area (Å²) in [6, 6.07) is 7.82. The highest BCUT2D eigenvalue weighted by Gasteiger charge is 2.44. The molecular weight excluding hydrogens is 252 g/mol. The SMILES string of the molecule is N#CCC1(CN2CCCc3c(C(=O)O)cccc32)CC1. The minimum absolute atomic E-state index is 0.155. The maximum atomic E-state index is 11.3. The van der Waals surface area contributed by atoms with Gasteiger partial charge in [-0.1, -0.05) is 6.07 Å². The highest BCUT2D eigenvalue weighted by molar-refractivity contribution is 5.91. The van der Waals surface area contributed by atoms with Gasteiger partial charge in [-0.15, -0.1) is 0 Å². The third-order valence-corrected chi connectivity index (χ3v) is 4.51. The Bertz CT molecular complexity index is 585. The number of hydrogen-bond acceptors (Lipinski definition) is 3. The van der Waals surface area contributed by atoms with Gasteiger partial charge in [0, 0.05) is 30.6 Å². The summed E-state index contributed by atoms with van der Waals surface area (Å²) >= 11 is 0. The van der Waals surface area contributed by atoms with E-state index >= 15 is 0 Å². The van der Waals surface area contributed by atoms with Gasteiger partial charge in [0.25, 0.3) is 0 Å². The maximum absolute atomic E-state index is 11.3. The Hall–Kier alpha value is -2.02. The molecule has 4 heteroatoms. The third kappa shape index (κ3) is 2.24. The summed E-state index contributed by atoms with van der Waals surface area (Å²) in [5.41, 5.74) is 2.60. The van der Waals surface area contributed by atoms with Crippen LogP contribution < -0.4 is 4.90 Å². The second kappa shape index (κ2) is 4.82. The number of nitrogens with zero attached hydrogens (tertiary/aromatic N) is 2. The molecule has 0 aromatic heterocycles. The number of fused-ring (bicyclic) bond motifs is 1. The fraction of sp³-hybridized carbons (Fsp3) is 0.500. The number of carboxylic acids is 1. The zero-order valence-electron chi connectivity index (χ0n) is 11.4. The van der Waals surface area contributed by atoms with Crippen LogP contribution >= 0.6 is 0 Å². The van der Waals surface area contributed by atoms with E-state index in [1.54, 1.807) is 6.07 Å². The Morgan fingerprint density at radius 3 is 2.90 bits per heavy atom. The van der Waals surface area contributed by atoms with Crippen LogP contribution in [0.4, 0.5) is 5.69 Å². The second-order valence-electron chi connectivity index (χ2n) is 5.97. The highest BCUT2D eigenvalue weighted by Crippen LogP contribution is 2.50. The van der Waals surface area contributed by atoms with Crippen molar-refractivity contribution in [3.63, 3.8) is 0 Å². The minimum atomic E-state index is -0.845. The molecule has 104 valence electrons. The predicted octanol–water partition coefficient (Wildman–Crippen LogP) is 2.83. The molecule has 0 atom stereocenters. The van der Waals surface area contributed by atoms with Crippen LogP contribution in [-0.4, -0.2) is 24.2 Å². The van der Waals surface area contributed by atoms with Gasteiger partial charge < -0.3 is 10.0 Å². The first-order chi connectivity index (χ1) is 9.65. The standard InChI is InChI=1S/C16H18N2O2/c17-9-8-16(6-7-16)11-18-10-2-4-12-13(15(19)20)3-1-5-14(12)18/h1,3,5H,2,4,6-8,10-11H2,(H,19,20). The maximum Gasteiger partial charge on any atom is 0.336 e. The Labute approximate surface area is 118 Å². The fourth-order valence-electron chi connectivity index (χ4n) is 3.21. The molecule has 0 bridgehead atoms. The quantitative estimate of drug-likeness (QED) is 0.913. The molecule has 1 saturated carbocycles. The zero-order valence-corrected chi connectivity index (χ0v) is 11.4. The van der Waals surface area contributed by atoms with E-state index in [1.165, 1.54) is 0 Å². The monoisotopic (exact) mass is 270 g/mol. The topological polar surface area (TPSA) is 64.3 Å². The number of rotatable bonds is 4. The molecule has 20 heavy (non-hydrogen) atoms. The Kier molecular flexibility index (Phi) is 3.13. The summed E-state index contributed by atoms with van der Waals surface area (Å²) in [6.07, 6.45) is 4.66. The zero-order chi connectivity index (χ0) is 14.2. The first-order valence-electron chi connectivity index (χ1n) is 7.12. The van der Waals surface area contributed by atoms with Crippen molar-refractivity contribution in [3.8, 4) is 6.07 Å². The number of aromatic carboxylic acids is 1. The van der Waals surface area contributed by atoms with Crippen molar-refractivity contribution in [1.29, 1.82) is 5.26 Å². The Morgan fingerprint density at radius 1 is 1.45 bits per heavy atom. The summed E-state index contributed by atoms with van der Waals surface area (Å²) in [5.74, 6) is -0.845. The number of nitriles is 1. The van der Waals surface area contributed by atoms with Crippen molar-refractivity contribution in [3.05, 3.63) is 29.3 Å². The lowest BCUT2D eigenvalue weighted by atomic mass is 9.94. The summed E-state index contributed by atoms with van der Waals surface area (Å²) in [4.78, 5) is 13.6. The first kappa shape index (κ1) is 13.0. The van der Waals surface area contributed by atoms with E-state index in [-0.39, 0.29) is 5.41 Å². The van der Waals surface area contributed by atoms with Crippen LogP contribution in [0.1, 0.15) is 41.6 Å². The van der Waals surface area contributed by atoms with Crippen LogP contribution in [0.3, 0.4) is 0 Å². The summed E-state index contributed by atoms with van der Waals surface area (Å²) in [5, 5.41) is 18.2. The largest absolute Gasteiger partial charge is 0.478 e. The van der Waals surface area contributed by atoms with Crippen LogP contribution in [0.2, 0.25) is 0 Å². The lowest BCUT2D eigenvalue weighted by Crippen LogP contribution is -2.35. The third-order valence-electron chi connectivity index (χ3n) is 4.51. The molecule has 1 fully saturated rings. The molecule has 0 saturated heterocycles. The smallest absolute Gasteiger partial charge is 0.336 e. The summed E-state index contributed by atoms with van der Waals surface area (Å²) in [7, 11) is 0. The molecule has 0 spiro atoms. The first-order valence-corrected chi connectivity index (χ1v) is 7.12. The molecule has 0 unspecified atom stereocenters. The van der Waals surface area contributed by atoms with Gasteiger partial charge in [0.2, 0.25) is 0 Å². The Balaban J connectivity index is 1.89. The van der Waals surface area contributed by atoms with E-state index in [0.717, 1.165) is 50.0 Å². The van der Waals surface area contributed by atoms with Gasteiger partial charge in [-0.25, -0.2) is 4.79 Å². The molecule has 4 nitrogen and oxygen atoms in total. The minimum Gasteiger partial charge on any atom is -0.478 e. The van der Waals surface area contributed by atoms with E-state index in [9.17, 15) is 9.90 Å². The molecule has 0 amide bonds. The van der Waals surface area contributed by atoms with E-state index in [4.69, 9.17) is 5.26 Å². The number of carboxylic acid groups (broad SMARTS) is 1. The average molecular weight is 270 g/mol. The van der Waals surface area contributed by atoms with E-state index in [2.05, 4.69) is 11.0 Å². The number of anilines is 1.